The van der Waals surface area contributed by atoms with E-state index in [4.69, 9.17) is 0 Å². The molecule has 0 atom stereocenters. The number of aryl methyl sites for hydroxylation is 1. The van der Waals surface area contributed by atoms with Crippen LogP contribution in [0.1, 0.15) is 5.56 Å². The van der Waals surface area contributed by atoms with Gasteiger partial charge in [0, 0.05) is 11.6 Å². The number of hydrogen-bond acceptors (Lipinski definition) is 1. The molecule has 60 valence electrons. The van der Waals surface area contributed by atoms with E-state index in [9.17, 15) is 4.39 Å². The molecule has 0 amide bonds. The number of rotatable bonds is 0. The number of para-hydroxylation sites is 1. The second-order valence-electron chi connectivity index (χ2n) is 2.76. The fourth-order valence-corrected chi connectivity index (χ4v) is 1.28. The minimum absolute atomic E-state index is 0.254. The summed E-state index contributed by atoms with van der Waals surface area (Å²) < 4.78 is 13.1. The van der Waals surface area contributed by atoms with Gasteiger partial charge >= 0.3 is 0 Å². The average Bonchev–Trinajstić information content (AvgIpc) is 2.07. The van der Waals surface area contributed by atoms with Gasteiger partial charge in [0.15, 0.2) is 0 Å². The first-order chi connectivity index (χ1) is 5.79. The van der Waals surface area contributed by atoms with Gasteiger partial charge in [-0.3, -0.25) is 4.98 Å². The van der Waals surface area contributed by atoms with Gasteiger partial charge in [-0.25, -0.2) is 4.39 Å². The first kappa shape index (κ1) is 7.22. The molecule has 0 spiro atoms. The van der Waals surface area contributed by atoms with Crippen LogP contribution in [0.25, 0.3) is 10.9 Å². The summed E-state index contributed by atoms with van der Waals surface area (Å²) in [5.41, 5.74) is 1.51. The second kappa shape index (κ2) is 2.55. The minimum atomic E-state index is -0.254. The van der Waals surface area contributed by atoms with Crippen LogP contribution in [-0.2, 0) is 0 Å². The maximum Gasteiger partial charge on any atom is 0.149 e. The summed E-state index contributed by atoms with van der Waals surface area (Å²) in [4.78, 5) is 3.97. The highest BCUT2D eigenvalue weighted by Crippen LogP contribution is 2.17. The summed E-state index contributed by atoms with van der Waals surface area (Å²) >= 11 is 0. The Labute approximate surface area is 69.9 Å². The lowest BCUT2D eigenvalue weighted by atomic mass is 10.1. The zero-order valence-electron chi connectivity index (χ0n) is 6.71. The van der Waals surface area contributed by atoms with Gasteiger partial charge in [0.25, 0.3) is 0 Å². The molecule has 2 aromatic rings. The lowest BCUT2D eigenvalue weighted by Crippen LogP contribution is -1.85. The first-order valence-corrected chi connectivity index (χ1v) is 3.79. The summed E-state index contributed by atoms with van der Waals surface area (Å²) in [6.07, 6.45) is 1.63. The van der Waals surface area contributed by atoms with Crippen LogP contribution in [0.15, 0.2) is 30.5 Å². The zero-order chi connectivity index (χ0) is 8.55. The maximum absolute atomic E-state index is 13.1. The summed E-state index contributed by atoms with van der Waals surface area (Å²) in [5, 5.41) is 0.887. The molecule has 1 heterocycles. The SMILES string of the molecule is Cc1ccnc2c(F)cccc12. The zero-order valence-corrected chi connectivity index (χ0v) is 6.71. The molecule has 0 aliphatic carbocycles. The van der Waals surface area contributed by atoms with E-state index in [0.717, 1.165) is 10.9 Å². The van der Waals surface area contributed by atoms with Crippen LogP contribution >= 0.6 is 0 Å². The van der Waals surface area contributed by atoms with Crippen LogP contribution in [0.4, 0.5) is 4.39 Å². The highest BCUT2D eigenvalue weighted by molar-refractivity contribution is 5.82. The lowest BCUT2D eigenvalue weighted by Gasteiger charge is -2.00. The van der Waals surface area contributed by atoms with Gasteiger partial charge in [-0.1, -0.05) is 12.1 Å². The predicted octanol–water partition coefficient (Wildman–Crippen LogP) is 2.68. The monoisotopic (exact) mass is 161 g/mol. The molecule has 1 aromatic carbocycles. The Hall–Kier alpha value is -1.44. The largest absolute Gasteiger partial charge is 0.253 e. The van der Waals surface area contributed by atoms with Crippen molar-refractivity contribution in [3.05, 3.63) is 41.8 Å². The van der Waals surface area contributed by atoms with Crippen LogP contribution in [0, 0.1) is 12.7 Å². The van der Waals surface area contributed by atoms with E-state index >= 15 is 0 Å². The third-order valence-electron chi connectivity index (χ3n) is 1.94. The van der Waals surface area contributed by atoms with Crippen LogP contribution in [0.3, 0.4) is 0 Å². The molecule has 0 aliphatic heterocycles. The average molecular weight is 161 g/mol. The number of nitrogens with zero attached hydrogens (tertiary/aromatic N) is 1. The Kier molecular flexibility index (Phi) is 1.54. The highest BCUT2D eigenvalue weighted by atomic mass is 19.1. The van der Waals surface area contributed by atoms with E-state index in [1.165, 1.54) is 6.07 Å². The molecule has 2 heteroatoms. The molecule has 12 heavy (non-hydrogen) atoms. The topological polar surface area (TPSA) is 12.9 Å². The van der Waals surface area contributed by atoms with Gasteiger partial charge < -0.3 is 0 Å². The smallest absolute Gasteiger partial charge is 0.149 e. The summed E-state index contributed by atoms with van der Waals surface area (Å²) in [6.45, 7) is 1.95. The van der Waals surface area contributed by atoms with Gasteiger partial charge in [-0.2, -0.15) is 0 Å². The standard InChI is InChI=1S/C10H8FN/c1-7-5-6-12-10-8(7)3-2-4-9(10)11/h2-6H,1H3. The van der Waals surface area contributed by atoms with Crippen LogP contribution in [0.5, 0.6) is 0 Å². The van der Waals surface area contributed by atoms with E-state index in [0.29, 0.717) is 5.52 Å². The number of hydrogen-bond donors (Lipinski definition) is 0. The molecule has 0 saturated carbocycles. The molecule has 0 radical (unpaired) electrons. The normalized spacial score (nSPS) is 10.5. The van der Waals surface area contributed by atoms with Gasteiger partial charge in [0.2, 0.25) is 0 Å². The maximum atomic E-state index is 13.1. The molecule has 0 saturated heterocycles. The van der Waals surface area contributed by atoms with Gasteiger partial charge in [-0.15, -0.1) is 0 Å². The highest BCUT2D eigenvalue weighted by Gasteiger charge is 2.01. The van der Waals surface area contributed by atoms with Crippen LogP contribution in [-0.4, -0.2) is 4.98 Å². The Bertz CT molecular complexity index is 382. The van der Waals surface area contributed by atoms with Crippen molar-refractivity contribution >= 4 is 10.9 Å². The number of fused-ring (bicyclic) bond motifs is 1. The van der Waals surface area contributed by atoms with Crippen molar-refractivity contribution in [3.8, 4) is 0 Å². The summed E-state index contributed by atoms with van der Waals surface area (Å²) in [6, 6.07) is 6.88. The second-order valence-corrected chi connectivity index (χ2v) is 2.76. The molecular weight excluding hydrogens is 153 g/mol. The van der Waals surface area contributed by atoms with E-state index in [1.54, 1.807) is 12.3 Å². The molecule has 0 fully saturated rings. The fraction of sp³-hybridized carbons (Fsp3) is 0.100. The number of benzene rings is 1. The van der Waals surface area contributed by atoms with Crippen molar-refractivity contribution < 1.29 is 4.39 Å². The van der Waals surface area contributed by atoms with E-state index in [2.05, 4.69) is 4.98 Å². The van der Waals surface area contributed by atoms with E-state index < -0.39 is 0 Å². The molecule has 0 N–H and O–H groups in total. The predicted molar refractivity (Wildman–Crippen MR) is 46.4 cm³/mol. The van der Waals surface area contributed by atoms with Crippen LogP contribution in [0.2, 0.25) is 0 Å². The quantitative estimate of drug-likeness (QED) is 0.578. The molecule has 1 nitrogen and oxygen atoms in total. The lowest BCUT2D eigenvalue weighted by molar-refractivity contribution is 0.637. The van der Waals surface area contributed by atoms with Crippen molar-refractivity contribution in [1.29, 1.82) is 0 Å². The van der Waals surface area contributed by atoms with Crippen molar-refractivity contribution in [3.63, 3.8) is 0 Å². The van der Waals surface area contributed by atoms with Gasteiger partial charge in [0.1, 0.15) is 11.3 Å². The van der Waals surface area contributed by atoms with Crippen molar-refractivity contribution in [2.24, 2.45) is 0 Å². The summed E-state index contributed by atoms with van der Waals surface area (Å²) in [5.74, 6) is -0.254. The fourth-order valence-electron chi connectivity index (χ4n) is 1.28. The molecule has 0 unspecified atom stereocenters. The van der Waals surface area contributed by atoms with Crippen molar-refractivity contribution in [1.82, 2.24) is 4.98 Å². The Morgan fingerprint density at radius 3 is 2.83 bits per heavy atom. The van der Waals surface area contributed by atoms with Gasteiger partial charge in [0.05, 0.1) is 0 Å². The van der Waals surface area contributed by atoms with Crippen molar-refractivity contribution in [2.75, 3.05) is 0 Å². The van der Waals surface area contributed by atoms with Gasteiger partial charge in [-0.05, 0) is 24.6 Å². The van der Waals surface area contributed by atoms with E-state index in [1.807, 2.05) is 19.1 Å². The van der Waals surface area contributed by atoms with Crippen LogP contribution < -0.4 is 0 Å². The first-order valence-electron chi connectivity index (χ1n) is 3.79. The number of pyridine rings is 1. The molecule has 1 aromatic heterocycles. The third-order valence-corrected chi connectivity index (χ3v) is 1.94. The number of halogens is 1. The summed E-state index contributed by atoms with van der Waals surface area (Å²) in [7, 11) is 0. The minimum Gasteiger partial charge on any atom is -0.253 e. The number of aromatic nitrogens is 1. The third kappa shape index (κ3) is 0.961. The molecule has 2 rings (SSSR count). The molecule has 0 aliphatic rings. The van der Waals surface area contributed by atoms with E-state index in [-0.39, 0.29) is 5.82 Å². The Balaban J connectivity index is 2.94. The Morgan fingerprint density at radius 1 is 1.25 bits per heavy atom. The van der Waals surface area contributed by atoms with Crippen molar-refractivity contribution in [2.45, 2.75) is 6.92 Å². The molecule has 0 bridgehead atoms. The Morgan fingerprint density at radius 2 is 2.08 bits per heavy atom. The molecular formula is C10H8FN.